The van der Waals surface area contributed by atoms with Crippen molar-refractivity contribution in [2.45, 2.75) is 33.6 Å². The molecule has 0 amide bonds. The first-order valence-corrected chi connectivity index (χ1v) is 8.44. The molecule has 1 aliphatic carbocycles. The fourth-order valence-corrected chi connectivity index (χ4v) is 3.60. The number of methoxy groups -OCH3 is 2. The van der Waals surface area contributed by atoms with Crippen molar-refractivity contribution in [3.8, 4) is 0 Å². The minimum absolute atomic E-state index is 0.0345. The van der Waals surface area contributed by atoms with E-state index < -0.39 is 17.4 Å². The normalized spacial score (nSPS) is 19.2. The van der Waals surface area contributed by atoms with E-state index in [0.717, 1.165) is 22.3 Å². The van der Waals surface area contributed by atoms with Gasteiger partial charge in [-0.05, 0) is 49.5 Å². The van der Waals surface area contributed by atoms with E-state index in [2.05, 4.69) is 0 Å². The number of ketones is 1. The second-order valence-corrected chi connectivity index (χ2v) is 6.44. The topological polar surface area (TPSA) is 69.7 Å². The average molecular weight is 356 g/mol. The fourth-order valence-electron chi connectivity index (χ4n) is 3.60. The van der Waals surface area contributed by atoms with Crippen LogP contribution in [0.15, 0.2) is 41.5 Å². The van der Waals surface area contributed by atoms with E-state index in [1.165, 1.54) is 21.1 Å². The minimum Gasteiger partial charge on any atom is -0.468 e. The molecule has 0 atom stereocenters. The Morgan fingerprint density at radius 1 is 0.962 bits per heavy atom. The molecule has 1 aromatic carbocycles. The van der Waals surface area contributed by atoms with Gasteiger partial charge in [-0.3, -0.25) is 14.4 Å². The van der Waals surface area contributed by atoms with E-state index in [1.54, 1.807) is 6.07 Å². The highest BCUT2D eigenvalue weighted by Crippen LogP contribution is 2.49. The number of rotatable bonds is 4. The minimum atomic E-state index is -1.38. The number of ether oxygens (including phenoxy) is 2. The highest BCUT2D eigenvalue weighted by Gasteiger charge is 2.54. The molecule has 138 valence electrons. The number of hydrogen-bond donors (Lipinski definition) is 0. The first kappa shape index (κ1) is 19.6. The second-order valence-electron chi connectivity index (χ2n) is 6.44. The van der Waals surface area contributed by atoms with Gasteiger partial charge in [0.05, 0.1) is 14.2 Å². The second kappa shape index (κ2) is 7.68. The van der Waals surface area contributed by atoms with Crippen LogP contribution in [0.4, 0.5) is 0 Å². The summed E-state index contributed by atoms with van der Waals surface area (Å²) < 4.78 is 9.81. The Morgan fingerprint density at radius 3 is 1.96 bits per heavy atom. The van der Waals surface area contributed by atoms with Crippen LogP contribution in [0.25, 0.3) is 5.57 Å². The van der Waals surface area contributed by atoms with Crippen molar-refractivity contribution in [1.82, 2.24) is 0 Å². The molecule has 0 saturated heterocycles. The summed E-state index contributed by atoms with van der Waals surface area (Å²) in [4.78, 5) is 36.9. The Labute approximate surface area is 153 Å². The molecular weight excluding hydrogens is 332 g/mol. The van der Waals surface area contributed by atoms with Crippen molar-refractivity contribution in [1.29, 1.82) is 0 Å². The van der Waals surface area contributed by atoms with Crippen molar-refractivity contribution in [3.05, 3.63) is 52.6 Å². The highest BCUT2D eigenvalue weighted by molar-refractivity contribution is 6.03. The van der Waals surface area contributed by atoms with E-state index in [1.807, 2.05) is 38.1 Å². The standard InChI is InChI=1S/C21H24O5/c1-6-15-11-21(19(23)25-4,20(24)26-5)12-18(15)13(2)16-9-7-8-10-17(16)14(3)22/h6-10H,11-12H2,1-5H3/b15-6+,18-13-. The number of carbonyl (C=O) groups excluding carboxylic acids is 3. The quantitative estimate of drug-likeness (QED) is 0.467. The molecule has 0 radical (unpaired) electrons. The zero-order valence-electron chi connectivity index (χ0n) is 15.8. The van der Waals surface area contributed by atoms with Gasteiger partial charge in [-0.15, -0.1) is 0 Å². The third-order valence-corrected chi connectivity index (χ3v) is 5.02. The Morgan fingerprint density at radius 2 is 1.50 bits per heavy atom. The number of hydrogen-bond acceptors (Lipinski definition) is 5. The van der Waals surface area contributed by atoms with Crippen molar-refractivity contribution < 1.29 is 23.9 Å². The Kier molecular flexibility index (Phi) is 5.80. The van der Waals surface area contributed by atoms with Crippen molar-refractivity contribution in [2.24, 2.45) is 5.41 Å². The van der Waals surface area contributed by atoms with Gasteiger partial charge in [-0.25, -0.2) is 0 Å². The molecule has 5 nitrogen and oxygen atoms in total. The smallest absolute Gasteiger partial charge is 0.323 e. The van der Waals surface area contributed by atoms with E-state index >= 15 is 0 Å². The van der Waals surface area contributed by atoms with Crippen LogP contribution in [0.5, 0.6) is 0 Å². The van der Waals surface area contributed by atoms with Crippen LogP contribution in [-0.2, 0) is 19.1 Å². The van der Waals surface area contributed by atoms with Gasteiger partial charge in [0.2, 0.25) is 0 Å². The van der Waals surface area contributed by atoms with Gasteiger partial charge in [0.15, 0.2) is 11.2 Å². The summed E-state index contributed by atoms with van der Waals surface area (Å²) in [6.07, 6.45) is 2.30. The number of benzene rings is 1. The lowest BCUT2D eigenvalue weighted by Gasteiger charge is -2.22. The van der Waals surface area contributed by atoms with Gasteiger partial charge in [0.1, 0.15) is 0 Å². The van der Waals surface area contributed by atoms with Crippen LogP contribution in [0.2, 0.25) is 0 Å². The molecular formula is C21H24O5. The van der Waals surface area contributed by atoms with E-state index in [-0.39, 0.29) is 18.6 Å². The molecule has 0 spiro atoms. The molecule has 0 bridgehead atoms. The van der Waals surface area contributed by atoms with Crippen LogP contribution in [0.3, 0.4) is 0 Å². The molecule has 26 heavy (non-hydrogen) atoms. The summed E-state index contributed by atoms with van der Waals surface area (Å²) >= 11 is 0. The molecule has 0 aliphatic heterocycles. The van der Waals surface area contributed by atoms with Gasteiger partial charge in [0, 0.05) is 12.0 Å². The summed E-state index contributed by atoms with van der Waals surface area (Å²) in [5.74, 6) is -1.24. The molecule has 1 fully saturated rings. The fraction of sp³-hybridized carbons (Fsp3) is 0.381. The van der Waals surface area contributed by atoms with Crippen LogP contribution in [0.1, 0.15) is 49.5 Å². The number of allylic oxidation sites excluding steroid dienone is 4. The van der Waals surface area contributed by atoms with E-state index in [4.69, 9.17) is 9.47 Å². The molecule has 5 heteroatoms. The van der Waals surface area contributed by atoms with E-state index in [9.17, 15) is 14.4 Å². The van der Waals surface area contributed by atoms with Crippen molar-refractivity contribution >= 4 is 23.3 Å². The molecule has 1 aromatic rings. The predicted molar refractivity (Wildman–Crippen MR) is 98.5 cm³/mol. The highest BCUT2D eigenvalue weighted by atomic mass is 16.5. The lowest BCUT2D eigenvalue weighted by atomic mass is 9.85. The van der Waals surface area contributed by atoms with Crippen LogP contribution >= 0.6 is 0 Å². The van der Waals surface area contributed by atoms with Gasteiger partial charge < -0.3 is 9.47 Å². The summed E-state index contributed by atoms with van der Waals surface area (Å²) in [5, 5.41) is 0. The maximum absolute atomic E-state index is 12.5. The van der Waals surface area contributed by atoms with Crippen LogP contribution < -0.4 is 0 Å². The zero-order chi connectivity index (χ0) is 19.5. The largest absolute Gasteiger partial charge is 0.468 e. The molecule has 0 heterocycles. The Hall–Kier alpha value is -2.69. The monoisotopic (exact) mass is 356 g/mol. The Bertz CT molecular complexity index is 797. The first-order valence-electron chi connectivity index (χ1n) is 8.44. The average Bonchev–Trinajstić information content (AvgIpc) is 3.07. The predicted octanol–water partition coefficient (Wildman–Crippen LogP) is 3.74. The lowest BCUT2D eigenvalue weighted by Crippen LogP contribution is -2.38. The lowest BCUT2D eigenvalue weighted by molar-refractivity contribution is -0.168. The third kappa shape index (κ3) is 3.21. The first-order chi connectivity index (χ1) is 12.3. The maximum atomic E-state index is 12.5. The molecule has 0 N–H and O–H groups in total. The van der Waals surface area contributed by atoms with Gasteiger partial charge in [0.25, 0.3) is 0 Å². The summed E-state index contributed by atoms with van der Waals surface area (Å²) in [5.41, 5.74) is 2.67. The molecule has 0 unspecified atom stereocenters. The van der Waals surface area contributed by atoms with Gasteiger partial charge >= 0.3 is 11.9 Å². The SMILES string of the molecule is C/C=C1\CC(C(=O)OC)(C(=O)OC)C\C1=C(/C)c1ccccc1C(C)=O. The summed E-state index contributed by atoms with van der Waals surface area (Å²) in [6.45, 7) is 5.30. The summed E-state index contributed by atoms with van der Waals surface area (Å²) in [6, 6.07) is 7.34. The molecule has 0 aromatic heterocycles. The molecule has 2 rings (SSSR count). The van der Waals surface area contributed by atoms with Crippen molar-refractivity contribution in [2.75, 3.05) is 14.2 Å². The number of Topliss-reactive ketones (excluding diaryl/α,β-unsaturated/α-hetero) is 1. The Balaban J connectivity index is 2.66. The third-order valence-electron chi connectivity index (χ3n) is 5.02. The van der Waals surface area contributed by atoms with Crippen LogP contribution in [-0.4, -0.2) is 31.9 Å². The van der Waals surface area contributed by atoms with Crippen molar-refractivity contribution in [3.63, 3.8) is 0 Å². The number of esters is 2. The van der Waals surface area contributed by atoms with E-state index in [0.29, 0.717) is 5.56 Å². The zero-order valence-corrected chi connectivity index (χ0v) is 15.8. The van der Waals surface area contributed by atoms with Gasteiger partial charge in [-0.2, -0.15) is 0 Å². The van der Waals surface area contributed by atoms with Gasteiger partial charge in [-0.1, -0.05) is 30.3 Å². The number of carbonyl (C=O) groups is 3. The molecule has 1 saturated carbocycles. The summed E-state index contributed by atoms with van der Waals surface area (Å²) in [7, 11) is 2.53. The van der Waals surface area contributed by atoms with Crippen LogP contribution in [0, 0.1) is 5.41 Å². The molecule has 1 aliphatic rings. The maximum Gasteiger partial charge on any atom is 0.323 e.